The number of rotatable bonds is 8. The highest BCUT2D eigenvalue weighted by Crippen LogP contribution is 2.36. The molecule has 0 aromatic heterocycles. The highest BCUT2D eigenvalue weighted by Gasteiger charge is 2.41. The molecule has 1 saturated heterocycles. The molecule has 1 aliphatic rings. The zero-order valence-corrected chi connectivity index (χ0v) is 13.7. The Labute approximate surface area is 128 Å². The number of likely N-dealkylation sites (tertiary alicyclic amines) is 1. The van der Waals surface area contributed by atoms with Gasteiger partial charge in [-0.25, -0.2) is 0 Å². The Morgan fingerprint density at radius 3 is 2.33 bits per heavy atom. The molecule has 0 spiro atoms. The summed E-state index contributed by atoms with van der Waals surface area (Å²) in [6.45, 7) is 8.14. The zero-order chi connectivity index (χ0) is 15.9. The molecule has 1 atom stereocenters. The van der Waals surface area contributed by atoms with Gasteiger partial charge < -0.3 is 10.4 Å². The van der Waals surface area contributed by atoms with Crippen molar-refractivity contribution in [1.82, 2.24) is 10.2 Å². The van der Waals surface area contributed by atoms with Gasteiger partial charge in [0.15, 0.2) is 0 Å². The van der Waals surface area contributed by atoms with Crippen LogP contribution in [-0.4, -0.2) is 47.6 Å². The fraction of sp³-hybridized carbons (Fsp3) is 0.875. The quantitative estimate of drug-likeness (QED) is 0.674. The maximum atomic E-state index is 12.1. The number of nitrogens with one attached hydrogen (secondary N) is 1. The van der Waals surface area contributed by atoms with Crippen LogP contribution in [0.3, 0.4) is 0 Å². The number of hydrogen-bond donors (Lipinski definition) is 2. The second-order valence-corrected chi connectivity index (χ2v) is 6.19. The van der Waals surface area contributed by atoms with Gasteiger partial charge in [0.25, 0.3) is 0 Å². The summed E-state index contributed by atoms with van der Waals surface area (Å²) in [6.07, 6.45) is 4.96. The Bertz CT molecular complexity index is 349. The lowest BCUT2D eigenvalue weighted by Gasteiger charge is -2.40. The van der Waals surface area contributed by atoms with Gasteiger partial charge >= 0.3 is 5.97 Å². The van der Waals surface area contributed by atoms with E-state index in [9.17, 15) is 14.7 Å². The number of nitrogens with zero attached hydrogens (tertiary/aromatic N) is 1. The summed E-state index contributed by atoms with van der Waals surface area (Å²) < 4.78 is 0. The molecule has 0 saturated carbocycles. The Hall–Kier alpha value is -1.10. The van der Waals surface area contributed by atoms with Gasteiger partial charge in [-0.15, -0.1) is 0 Å². The fourth-order valence-electron chi connectivity index (χ4n) is 3.09. The van der Waals surface area contributed by atoms with Crippen molar-refractivity contribution in [1.29, 1.82) is 0 Å². The van der Waals surface area contributed by atoms with Crippen LogP contribution in [0.15, 0.2) is 0 Å². The van der Waals surface area contributed by atoms with Crippen LogP contribution in [0.25, 0.3) is 0 Å². The normalized spacial score (nSPS) is 20.0. The van der Waals surface area contributed by atoms with Crippen molar-refractivity contribution in [2.75, 3.05) is 19.6 Å². The first-order chi connectivity index (χ1) is 9.96. The van der Waals surface area contributed by atoms with E-state index in [1.807, 2.05) is 13.8 Å². The van der Waals surface area contributed by atoms with Crippen molar-refractivity contribution in [2.24, 2.45) is 5.41 Å². The zero-order valence-electron chi connectivity index (χ0n) is 13.7. The van der Waals surface area contributed by atoms with Gasteiger partial charge in [0, 0.05) is 19.6 Å². The molecule has 5 nitrogen and oxygen atoms in total. The average molecular weight is 298 g/mol. The van der Waals surface area contributed by atoms with Crippen molar-refractivity contribution >= 4 is 11.9 Å². The number of unbranched alkanes of at least 4 members (excludes halogenated alkanes) is 1. The maximum absolute atomic E-state index is 12.1. The second-order valence-electron chi connectivity index (χ2n) is 6.19. The van der Waals surface area contributed by atoms with E-state index in [1.165, 1.54) is 0 Å². The van der Waals surface area contributed by atoms with Gasteiger partial charge in [-0.3, -0.25) is 14.5 Å². The van der Waals surface area contributed by atoms with Crippen molar-refractivity contribution in [3.63, 3.8) is 0 Å². The third kappa shape index (κ3) is 4.70. The van der Waals surface area contributed by atoms with Gasteiger partial charge in [0.2, 0.25) is 5.91 Å². The average Bonchev–Trinajstić information content (AvgIpc) is 2.47. The Morgan fingerprint density at radius 1 is 1.24 bits per heavy atom. The lowest BCUT2D eigenvalue weighted by molar-refractivity contribution is -0.153. The molecule has 2 N–H and O–H groups in total. The third-order valence-corrected chi connectivity index (χ3v) is 4.69. The predicted molar refractivity (Wildman–Crippen MR) is 83.2 cm³/mol. The summed E-state index contributed by atoms with van der Waals surface area (Å²) in [4.78, 5) is 25.7. The molecule has 0 aromatic rings. The van der Waals surface area contributed by atoms with E-state index in [1.54, 1.807) is 0 Å². The van der Waals surface area contributed by atoms with E-state index in [4.69, 9.17) is 0 Å². The second kappa shape index (κ2) is 8.37. The van der Waals surface area contributed by atoms with E-state index in [0.717, 1.165) is 32.2 Å². The van der Waals surface area contributed by atoms with E-state index in [2.05, 4.69) is 17.1 Å². The first kappa shape index (κ1) is 18.0. The summed E-state index contributed by atoms with van der Waals surface area (Å²) in [5.41, 5.74) is -0.580. The summed E-state index contributed by atoms with van der Waals surface area (Å²) >= 11 is 0. The van der Waals surface area contributed by atoms with Crippen molar-refractivity contribution in [2.45, 2.75) is 65.3 Å². The Morgan fingerprint density at radius 2 is 1.86 bits per heavy atom. The molecule has 122 valence electrons. The summed E-state index contributed by atoms with van der Waals surface area (Å²) in [6, 6.07) is -0.171. The van der Waals surface area contributed by atoms with E-state index >= 15 is 0 Å². The van der Waals surface area contributed by atoms with E-state index < -0.39 is 11.4 Å². The van der Waals surface area contributed by atoms with Crippen LogP contribution in [0.5, 0.6) is 0 Å². The number of carboxylic acids is 1. The minimum absolute atomic E-state index is 0.0572. The molecule has 1 rings (SSSR count). The van der Waals surface area contributed by atoms with E-state index in [0.29, 0.717) is 25.9 Å². The minimum atomic E-state index is -0.677. The first-order valence-electron chi connectivity index (χ1n) is 8.22. The highest BCUT2D eigenvalue weighted by molar-refractivity contribution is 5.81. The smallest absolute Gasteiger partial charge is 0.309 e. The lowest BCUT2D eigenvalue weighted by atomic mass is 9.75. The molecule has 0 radical (unpaired) electrons. The number of aliphatic carboxylic acids is 1. The Balaban J connectivity index is 2.51. The number of carbonyl (C=O) groups excluding carboxylic acids is 1. The summed E-state index contributed by atoms with van der Waals surface area (Å²) in [5.74, 6) is -0.620. The largest absolute Gasteiger partial charge is 0.481 e. The molecule has 0 aliphatic carbocycles. The molecule has 21 heavy (non-hydrogen) atoms. The monoisotopic (exact) mass is 298 g/mol. The maximum Gasteiger partial charge on any atom is 0.309 e. The Kier molecular flexibility index (Phi) is 7.15. The molecular weight excluding hydrogens is 268 g/mol. The fourth-order valence-corrected chi connectivity index (χ4v) is 3.09. The first-order valence-corrected chi connectivity index (χ1v) is 8.22. The van der Waals surface area contributed by atoms with Crippen LogP contribution in [0.2, 0.25) is 0 Å². The molecular formula is C16H30N2O3. The van der Waals surface area contributed by atoms with Gasteiger partial charge in [-0.1, -0.05) is 26.7 Å². The minimum Gasteiger partial charge on any atom is -0.481 e. The molecule has 1 amide bonds. The number of carbonyl (C=O) groups is 2. The van der Waals surface area contributed by atoms with Crippen LogP contribution in [0.1, 0.15) is 59.3 Å². The molecule has 1 fully saturated rings. The van der Waals surface area contributed by atoms with Gasteiger partial charge in [-0.05, 0) is 32.6 Å². The summed E-state index contributed by atoms with van der Waals surface area (Å²) in [5, 5.41) is 12.5. The van der Waals surface area contributed by atoms with Crippen molar-refractivity contribution < 1.29 is 14.7 Å². The SMILES string of the molecule is CCCCNC(=O)C(C)N1CCC(CCC)(C(=O)O)CC1. The molecule has 1 heterocycles. The number of carboxylic acid groups (broad SMARTS) is 1. The topological polar surface area (TPSA) is 69.6 Å². The van der Waals surface area contributed by atoms with Crippen LogP contribution in [-0.2, 0) is 9.59 Å². The van der Waals surface area contributed by atoms with Crippen LogP contribution in [0, 0.1) is 5.41 Å². The lowest BCUT2D eigenvalue weighted by Crippen LogP contribution is -2.52. The summed E-state index contributed by atoms with van der Waals surface area (Å²) in [7, 11) is 0. The highest BCUT2D eigenvalue weighted by atomic mass is 16.4. The van der Waals surface area contributed by atoms with E-state index in [-0.39, 0.29) is 11.9 Å². The number of hydrogen-bond acceptors (Lipinski definition) is 3. The standard InChI is InChI=1S/C16H30N2O3/c1-4-6-10-17-14(19)13(3)18-11-8-16(7-5-2,9-12-18)15(20)21/h13H,4-12H2,1-3H3,(H,17,19)(H,20,21). The van der Waals surface area contributed by atoms with Crippen molar-refractivity contribution in [3.8, 4) is 0 Å². The van der Waals surface area contributed by atoms with Crippen LogP contribution in [0.4, 0.5) is 0 Å². The van der Waals surface area contributed by atoms with Gasteiger partial charge in [0.1, 0.15) is 0 Å². The molecule has 5 heteroatoms. The molecule has 1 aliphatic heterocycles. The van der Waals surface area contributed by atoms with Gasteiger partial charge in [0.05, 0.1) is 11.5 Å². The predicted octanol–water partition coefficient (Wildman–Crippen LogP) is 2.26. The molecule has 0 bridgehead atoms. The van der Waals surface area contributed by atoms with Crippen LogP contribution >= 0.6 is 0 Å². The van der Waals surface area contributed by atoms with Gasteiger partial charge in [-0.2, -0.15) is 0 Å². The number of piperidine rings is 1. The molecule has 0 aromatic carbocycles. The van der Waals surface area contributed by atoms with Crippen LogP contribution < -0.4 is 5.32 Å². The van der Waals surface area contributed by atoms with Crippen molar-refractivity contribution in [3.05, 3.63) is 0 Å². The molecule has 1 unspecified atom stereocenters. The number of amides is 1. The third-order valence-electron chi connectivity index (χ3n) is 4.69.